The SMILES string of the molecule is O=c1ccn(C2OC(CO)C(O)C2O)c(=O)n1Cc1noc2cccc(F)c12. The van der Waals surface area contributed by atoms with Crippen molar-refractivity contribution in [2.75, 3.05) is 6.61 Å². The second kappa shape index (κ2) is 6.95. The molecule has 1 aliphatic rings. The lowest BCUT2D eigenvalue weighted by atomic mass is 10.1. The normalized spacial score (nSPS) is 24.9. The quantitative estimate of drug-likeness (QED) is 0.510. The maximum absolute atomic E-state index is 14.1. The Kier molecular flexibility index (Phi) is 4.59. The number of aliphatic hydroxyl groups is 3. The predicted octanol–water partition coefficient (Wildman–Crippen LogP) is -1.05. The van der Waals surface area contributed by atoms with Gasteiger partial charge in [0.2, 0.25) is 0 Å². The topological polar surface area (TPSA) is 140 Å². The van der Waals surface area contributed by atoms with E-state index in [1.807, 2.05) is 0 Å². The van der Waals surface area contributed by atoms with Crippen molar-refractivity contribution in [3.8, 4) is 0 Å². The minimum atomic E-state index is -1.49. The highest BCUT2D eigenvalue weighted by atomic mass is 19.1. The zero-order valence-corrected chi connectivity index (χ0v) is 14.3. The van der Waals surface area contributed by atoms with E-state index in [0.29, 0.717) is 0 Å². The molecule has 4 atom stereocenters. The van der Waals surface area contributed by atoms with Gasteiger partial charge in [0.25, 0.3) is 5.56 Å². The smallest absolute Gasteiger partial charge is 0.333 e. The van der Waals surface area contributed by atoms with Crippen molar-refractivity contribution in [3.05, 3.63) is 62.8 Å². The van der Waals surface area contributed by atoms with Crippen LogP contribution in [0.25, 0.3) is 11.0 Å². The first-order valence-corrected chi connectivity index (χ1v) is 8.39. The Bertz CT molecular complexity index is 1140. The molecule has 0 bridgehead atoms. The number of ether oxygens (including phenoxy) is 1. The Balaban J connectivity index is 1.76. The second-order valence-electron chi connectivity index (χ2n) is 6.40. The fourth-order valence-corrected chi connectivity index (χ4v) is 3.25. The van der Waals surface area contributed by atoms with Gasteiger partial charge >= 0.3 is 5.69 Å². The van der Waals surface area contributed by atoms with Crippen molar-refractivity contribution in [3.63, 3.8) is 0 Å². The van der Waals surface area contributed by atoms with Gasteiger partial charge in [0.05, 0.1) is 18.5 Å². The number of nitrogens with zero attached hydrogens (tertiary/aromatic N) is 3. The molecule has 1 saturated heterocycles. The number of halogens is 1. The fraction of sp³-hybridized carbons (Fsp3) is 0.353. The Morgan fingerprint density at radius 2 is 1.96 bits per heavy atom. The Morgan fingerprint density at radius 1 is 1.18 bits per heavy atom. The first-order valence-electron chi connectivity index (χ1n) is 8.39. The molecule has 11 heteroatoms. The number of rotatable bonds is 4. The van der Waals surface area contributed by atoms with Crippen LogP contribution in [0.4, 0.5) is 4.39 Å². The van der Waals surface area contributed by atoms with E-state index in [4.69, 9.17) is 9.26 Å². The minimum Gasteiger partial charge on any atom is -0.394 e. The van der Waals surface area contributed by atoms with Gasteiger partial charge < -0.3 is 24.6 Å². The van der Waals surface area contributed by atoms with Crippen LogP contribution in [-0.2, 0) is 11.3 Å². The number of hydrogen-bond acceptors (Lipinski definition) is 8. The summed E-state index contributed by atoms with van der Waals surface area (Å²) in [6.07, 6.45) is -4.18. The maximum Gasteiger partial charge on any atom is 0.333 e. The lowest BCUT2D eigenvalue weighted by molar-refractivity contribution is -0.0555. The molecule has 0 spiro atoms. The summed E-state index contributed by atoms with van der Waals surface area (Å²) in [5, 5.41) is 33.0. The van der Waals surface area contributed by atoms with Crippen molar-refractivity contribution in [1.82, 2.24) is 14.3 Å². The zero-order chi connectivity index (χ0) is 20.0. The summed E-state index contributed by atoms with van der Waals surface area (Å²) in [6.45, 7) is -0.936. The van der Waals surface area contributed by atoms with Crippen LogP contribution in [0.1, 0.15) is 11.9 Å². The first-order chi connectivity index (χ1) is 13.4. The number of fused-ring (bicyclic) bond motifs is 1. The van der Waals surface area contributed by atoms with Crippen LogP contribution in [0.5, 0.6) is 0 Å². The molecule has 0 radical (unpaired) electrons. The highest BCUT2D eigenvalue weighted by Crippen LogP contribution is 2.28. The molecule has 0 amide bonds. The van der Waals surface area contributed by atoms with Gasteiger partial charge in [0, 0.05) is 12.3 Å². The van der Waals surface area contributed by atoms with E-state index < -0.39 is 48.2 Å². The third kappa shape index (κ3) is 2.85. The third-order valence-corrected chi connectivity index (χ3v) is 4.71. The second-order valence-corrected chi connectivity index (χ2v) is 6.40. The molecule has 3 aromatic rings. The Hall–Kier alpha value is -2.86. The Labute approximate surface area is 155 Å². The average Bonchev–Trinajstić information content (AvgIpc) is 3.22. The van der Waals surface area contributed by atoms with Gasteiger partial charge in [-0.15, -0.1) is 0 Å². The molecule has 4 unspecified atom stereocenters. The Morgan fingerprint density at radius 3 is 2.68 bits per heavy atom. The molecule has 2 aromatic heterocycles. The molecule has 3 N–H and O–H groups in total. The lowest BCUT2D eigenvalue weighted by Gasteiger charge is -2.18. The molecule has 4 rings (SSSR count). The van der Waals surface area contributed by atoms with Gasteiger partial charge in [-0.05, 0) is 12.1 Å². The van der Waals surface area contributed by atoms with E-state index in [1.165, 1.54) is 18.2 Å². The average molecular weight is 393 g/mol. The predicted molar refractivity (Wildman–Crippen MR) is 91.0 cm³/mol. The molecular weight excluding hydrogens is 377 g/mol. The summed E-state index contributed by atoms with van der Waals surface area (Å²) in [6, 6.07) is 5.21. The summed E-state index contributed by atoms with van der Waals surface area (Å²) in [4.78, 5) is 25.0. The van der Waals surface area contributed by atoms with Crippen molar-refractivity contribution >= 4 is 11.0 Å². The standard InChI is InChI=1S/C17H16FN3O7/c18-8-2-1-3-10-13(8)9(19-28-10)6-21-12(23)4-5-20(17(21)26)16-15(25)14(24)11(7-22)27-16/h1-5,11,14-16,22,24-25H,6-7H2. The van der Waals surface area contributed by atoms with E-state index in [9.17, 15) is 29.3 Å². The number of aliphatic hydroxyl groups excluding tert-OH is 3. The number of hydrogen-bond donors (Lipinski definition) is 3. The van der Waals surface area contributed by atoms with Gasteiger partial charge in [-0.3, -0.25) is 13.9 Å². The van der Waals surface area contributed by atoms with Crippen LogP contribution >= 0.6 is 0 Å². The number of benzene rings is 1. The van der Waals surface area contributed by atoms with E-state index >= 15 is 0 Å². The summed E-state index contributed by atoms with van der Waals surface area (Å²) in [5.74, 6) is -0.610. The molecule has 1 aromatic carbocycles. The van der Waals surface area contributed by atoms with Crippen LogP contribution in [0.15, 0.2) is 44.6 Å². The molecule has 148 valence electrons. The van der Waals surface area contributed by atoms with Gasteiger partial charge in [0.15, 0.2) is 11.8 Å². The lowest BCUT2D eigenvalue weighted by Crippen LogP contribution is -2.43. The highest BCUT2D eigenvalue weighted by molar-refractivity contribution is 5.79. The molecule has 1 fully saturated rings. The summed E-state index contributed by atoms with van der Waals surface area (Å²) in [7, 11) is 0. The molecular formula is C17H16FN3O7. The van der Waals surface area contributed by atoms with E-state index in [2.05, 4.69) is 5.16 Å². The van der Waals surface area contributed by atoms with Gasteiger partial charge in [-0.25, -0.2) is 9.18 Å². The van der Waals surface area contributed by atoms with Crippen LogP contribution in [0.3, 0.4) is 0 Å². The highest BCUT2D eigenvalue weighted by Gasteiger charge is 2.43. The monoisotopic (exact) mass is 393 g/mol. The summed E-state index contributed by atoms with van der Waals surface area (Å²) in [5.41, 5.74) is -1.33. The minimum absolute atomic E-state index is 0.0474. The largest absolute Gasteiger partial charge is 0.394 e. The van der Waals surface area contributed by atoms with Crippen molar-refractivity contribution < 1.29 is 29.0 Å². The summed E-state index contributed by atoms with van der Waals surface area (Å²) >= 11 is 0. The van der Waals surface area contributed by atoms with Crippen molar-refractivity contribution in [2.24, 2.45) is 0 Å². The third-order valence-electron chi connectivity index (χ3n) is 4.71. The molecule has 28 heavy (non-hydrogen) atoms. The van der Waals surface area contributed by atoms with Crippen LogP contribution < -0.4 is 11.2 Å². The van der Waals surface area contributed by atoms with Gasteiger partial charge in [0.1, 0.15) is 29.8 Å². The van der Waals surface area contributed by atoms with Crippen molar-refractivity contribution in [2.45, 2.75) is 31.1 Å². The zero-order valence-electron chi connectivity index (χ0n) is 14.3. The van der Waals surface area contributed by atoms with E-state index in [1.54, 1.807) is 0 Å². The van der Waals surface area contributed by atoms with E-state index in [-0.39, 0.29) is 23.2 Å². The van der Waals surface area contributed by atoms with Crippen molar-refractivity contribution in [1.29, 1.82) is 0 Å². The first kappa shape index (κ1) is 18.5. The fourth-order valence-electron chi connectivity index (χ4n) is 3.25. The molecule has 1 aliphatic heterocycles. The number of aromatic nitrogens is 3. The van der Waals surface area contributed by atoms with Gasteiger partial charge in [-0.1, -0.05) is 11.2 Å². The maximum atomic E-state index is 14.1. The summed E-state index contributed by atoms with van der Waals surface area (Å²) < 4.78 is 26.2. The molecule has 0 saturated carbocycles. The van der Waals surface area contributed by atoms with Crippen LogP contribution in [0, 0.1) is 5.82 Å². The molecule has 0 aliphatic carbocycles. The van der Waals surface area contributed by atoms with Crippen LogP contribution in [0.2, 0.25) is 0 Å². The van der Waals surface area contributed by atoms with Crippen LogP contribution in [-0.4, -0.2) is 54.5 Å². The molecule has 3 heterocycles. The van der Waals surface area contributed by atoms with E-state index in [0.717, 1.165) is 21.4 Å². The molecule has 10 nitrogen and oxygen atoms in total. The van der Waals surface area contributed by atoms with Gasteiger partial charge in [-0.2, -0.15) is 0 Å².